The molecule has 0 aliphatic carbocycles. The van der Waals surface area contributed by atoms with Crippen LogP contribution in [0.3, 0.4) is 0 Å². The summed E-state index contributed by atoms with van der Waals surface area (Å²) in [7, 11) is 0. The number of hydrogen-bond donors (Lipinski definition) is 0. The fourth-order valence-corrected chi connectivity index (χ4v) is 4.54. The summed E-state index contributed by atoms with van der Waals surface area (Å²) in [5.41, 5.74) is 6.61. The van der Waals surface area contributed by atoms with E-state index in [-0.39, 0.29) is 0 Å². The van der Waals surface area contributed by atoms with Crippen LogP contribution in [0, 0.1) is 13.8 Å². The van der Waals surface area contributed by atoms with Gasteiger partial charge in [-0.25, -0.2) is 9.97 Å². The van der Waals surface area contributed by atoms with Crippen molar-refractivity contribution in [3.8, 4) is 28.6 Å². The Balaban J connectivity index is 1.47. The third kappa shape index (κ3) is 3.50. The second-order valence-electron chi connectivity index (χ2n) is 8.54. The molecule has 0 aliphatic rings. The highest BCUT2D eigenvalue weighted by Crippen LogP contribution is 2.35. The van der Waals surface area contributed by atoms with Crippen molar-refractivity contribution in [1.82, 2.24) is 14.5 Å². The van der Waals surface area contributed by atoms with Crippen LogP contribution in [0.25, 0.3) is 38.8 Å². The highest BCUT2D eigenvalue weighted by Gasteiger charge is 2.14. The Hall–Kier alpha value is -4.44. The van der Waals surface area contributed by atoms with E-state index in [1.54, 1.807) is 0 Å². The standard InChI is InChI=1S/C30H23N3O/c1-20-16-21(2)30(32-19-20)34-24-9-7-8-22(17-24)23-13-14-26-25-10-3-4-11-27(25)33(28(26)18-23)29-12-5-6-15-31-29/h3-19H,1-2H3. The maximum atomic E-state index is 6.13. The van der Waals surface area contributed by atoms with E-state index in [0.29, 0.717) is 5.88 Å². The number of pyridine rings is 2. The first-order valence-electron chi connectivity index (χ1n) is 11.3. The second kappa shape index (κ2) is 8.16. The summed E-state index contributed by atoms with van der Waals surface area (Å²) < 4.78 is 8.36. The first kappa shape index (κ1) is 20.2. The Morgan fingerprint density at radius 1 is 0.676 bits per heavy atom. The zero-order valence-corrected chi connectivity index (χ0v) is 19.1. The molecular weight excluding hydrogens is 418 g/mol. The lowest BCUT2D eigenvalue weighted by atomic mass is 10.0. The van der Waals surface area contributed by atoms with Crippen LogP contribution >= 0.6 is 0 Å². The molecule has 0 spiro atoms. The molecule has 0 atom stereocenters. The molecule has 164 valence electrons. The first-order chi connectivity index (χ1) is 16.7. The number of ether oxygens (including phenoxy) is 1. The van der Waals surface area contributed by atoms with E-state index in [2.05, 4.69) is 75.2 Å². The van der Waals surface area contributed by atoms with Crippen LogP contribution in [0.5, 0.6) is 11.6 Å². The van der Waals surface area contributed by atoms with Crippen LogP contribution in [-0.2, 0) is 0 Å². The van der Waals surface area contributed by atoms with Gasteiger partial charge < -0.3 is 4.74 Å². The number of hydrogen-bond acceptors (Lipinski definition) is 3. The summed E-state index contributed by atoms with van der Waals surface area (Å²) in [6.07, 6.45) is 3.66. The Labute approximate surface area is 198 Å². The van der Waals surface area contributed by atoms with Gasteiger partial charge in [0.1, 0.15) is 11.6 Å². The van der Waals surface area contributed by atoms with Crippen molar-refractivity contribution in [1.29, 1.82) is 0 Å². The van der Waals surface area contributed by atoms with E-state index in [1.165, 1.54) is 10.8 Å². The smallest absolute Gasteiger partial charge is 0.222 e. The number of fused-ring (bicyclic) bond motifs is 3. The first-order valence-corrected chi connectivity index (χ1v) is 11.3. The molecule has 34 heavy (non-hydrogen) atoms. The van der Waals surface area contributed by atoms with Gasteiger partial charge in [0.05, 0.1) is 11.0 Å². The normalized spacial score (nSPS) is 11.2. The lowest BCUT2D eigenvalue weighted by Gasteiger charge is -2.10. The molecule has 0 amide bonds. The van der Waals surface area contributed by atoms with Crippen LogP contribution in [0.15, 0.2) is 103 Å². The largest absolute Gasteiger partial charge is 0.439 e. The maximum absolute atomic E-state index is 6.13. The number of para-hydroxylation sites is 1. The Kier molecular flexibility index (Phi) is 4.84. The molecule has 0 N–H and O–H groups in total. The maximum Gasteiger partial charge on any atom is 0.222 e. The molecule has 4 nitrogen and oxygen atoms in total. The Morgan fingerprint density at radius 3 is 2.35 bits per heavy atom. The SMILES string of the molecule is Cc1cnc(Oc2cccc(-c3ccc4c5ccccc5n(-c5ccccn5)c4c3)c2)c(C)c1. The van der Waals surface area contributed by atoms with Crippen LogP contribution < -0.4 is 4.74 Å². The van der Waals surface area contributed by atoms with Crippen molar-refractivity contribution >= 4 is 21.8 Å². The minimum atomic E-state index is 0.633. The topological polar surface area (TPSA) is 39.9 Å². The Bertz CT molecular complexity index is 1650. The number of rotatable bonds is 4. The molecule has 3 aromatic carbocycles. The van der Waals surface area contributed by atoms with Crippen molar-refractivity contribution in [2.45, 2.75) is 13.8 Å². The highest BCUT2D eigenvalue weighted by molar-refractivity contribution is 6.10. The van der Waals surface area contributed by atoms with Gasteiger partial charge in [0, 0.05) is 28.7 Å². The van der Waals surface area contributed by atoms with Crippen LogP contribution in [0.4, 0.5) is 0 Å². The fourth-order valence-electron chi connectivity index (χ4n) is 4.54. The van der Waals surface area contributed by atoms with E-state index < -0.39 is 0 Å². The zero-order chi connectivity index (χ0) is 23.1. The molecule has 4 heteroatoms. The minimum absolute atomic E-state index is 0.633. The summed E-state index contributed by atoms with van der Waals surface area (Å²) in [5, 5.41) is 2.42. The third-order valence-electron chi connectivity index (χ3n) is 6.10. The third-order valence-corrected chi connectivity index (χ3v) is 6.10. The van der Waals surface area contributed by atoms with Gasteiger partial charge in [-0.15, -0.1) is 0 Å². The number of benzene rings is 3. The Morgan fingerprint density at radius 2 is 1.50 bits per heavy atom. The summed E-state index contributed by atoms with van der Waals surface area (Å²) in [4.78, 5) is 9.09. The van der Waals surface area contributed by atoms with Crippen molar-refractivity contribution in [2.75, 3.05) is 0 Å². The molecule has 0 radical (unpaired) electrons. The van der Waals surface area contributed by atoms with Crippen molar-refractivity contribution in [3.63, 3.8) is 0 Å². The van der Waals surface area contributed by atoms with Gasteiger partial charge in [0.25, 0.3) is 0 Å². The molecule has 6 aromatic rings. The lowest BCUT2D eigenvalue weighted by molar-refractivity contribution is 0.459. The fraction of sp³-hybridized carbons (Fsp3) is 0.0667. The van der Waals surface area contributed by atoms with Gasteiger partial charge in [-0.05, 0) is 73.0 Å². The molecule has 3 aromatic heterocycles. The molecule has 0 unspecified atom stereocenters. The van der Waals surface area contributed by atoms with E-state index in [9.17, 15) is 0 Å². The van der Waals surface area contributed by atoms with Crippen LogP contribution in [0.1, 0.15) is 11.1 Å². The van der Waals surface area contributed by atoms with Crippen molar-refractivity contribution in [3.05, 3.63) is 115 Å². The number of nitrogens with zero attached hydrogens (tertiary/aromatic N) is 3. The number of aromatic nitrogens is 3. The van der Waals surface area contributed by atoms with E-state index >= 15 is 0 Å². The average Bonchev–Trinajstić information content (AvgIpc) is 3.20. The van der Waals surface area contributed by atoms with E-state index in [1.807, 2.05) is 56.6 Å². The molecule has 0 saturated carbocycles. The van der Waals surface area contributed by atoms with Gasteiger partial charge >= 0.3 is 0 Å². The number of aryl methyl sites for hydroxylation is 2. The predicted octanol–water partition coefficient (Wildman–Crippen LogP) is 7.65. The quantitative estimate of drug-likeness (QED) is 0.282. The second-order valence-corrected chi connectivity index (χ2v) is 8.54. The van der Waals surface area contributed by atoms with Gasteiger partial charge in [-0.1, -0.05) is 48.5 Å². The molecule has 6 rings (SSSR count). The molecule has 0 fully saturated rings. The minimum Gasteiger partial charge on any atom is -0.439 e. The highest BCUT2D eigenvalue weighted by atomic mass is 16.5. The van der Waals surface area contributed by atoms with Crippen LogP contribution in [0.2, 0.25) is 0 Å². The van der Waals surface area contributed by atoms with Crippen molar-refractivity contribution < 1.29 is 4.74 Å². The van der Waals surface area contributed by atoms with Gasteiger partial charge in [-0.3, -0.25) is 4.57 Å². The summed E-state index contributed by atoms with van der Waals surface area (Å²) in [5.74, 6) is 2.31. The molecular formula is C30H23N3O. The van der Waals surface area contributed by atoms with E-state index in [4.69, 9.17) is 4.74 Å². The molecule has 3 heterocycles. The molecule has 0 aliphatic heterocycles. The monoisotopic (exact) mass is 441 g/mol. The average molecular weight is 442 g/mol. The molecule has 0 bridgehead atoms. The molecule has 0 saturated heterocycles. The zero-order valence-electron chi connectivity index (χ0n) is 19.1. The van der Waals surface area contributed by atoms with Crippen LogP contribution in [-0.4, -0.2) is 14.5 Å². The predicted molar refractivity (Wildman–Crippen MR) is 138 cm³/mol. The summed E-state index contributed by atoms with van der Waals surface area (Å²) in [6, 6.07) is 31.3. The van der Waals surface area contributed by atoms with Gasteiger partial charge in [0.2, 0.25) is 5.88 Å². The van der Waals surface area contributed by atoms with Crippen molar-refractivity contribution in [2.24, 2.45) is 0 Å². The summed E-state index contributed by atoms with van der Waals surface area (Å²) >= 11 is 0. The summed E-state index contributed by atoms with van der Waals surface area (Å²) in [6.45, 7) is 4.05. The van der Waals surface area contributed by atoms with E-state index in [0.717, 1.165) is 44.9 Å². The van der Waals surface area contributed by atoms with Gasteiger partial charge in [-0.2, -0.15) is 0 Å². The lowest BCUT2D eigenvalue weighted by Crippen LogP contribution is -1.96. The van der Waals surface area contributed by atoms with Gasteiger partial charge in [0.15, 0.2) is 0 Å².